The third kappa shape index (κ3) is 4.57. The topological polar surface area (TPSA) is 9.23 Å². The lowest BCUT2D eigenvalue weighted by Crippen LogP contribution is -2.29. The Bertz CT molecular complexity index is 395. The van der Waals surface area contributed by atoms with Crippen molar-refractivity contribution in [3.05, 3.63) is 35.4 Å². The van der Waals surface area contributed by atoms with Crippen LogP contribution in [-0.2, 0) is 11.2 Å². The number of aryl methyl sites for hydroxylation is 1. The van der Waals surface area contributed by atoms with Gasteiger partial charge in [0, 0.05) is 13.0 Å². The first kappa shape index (κ1) is 16.5. The van der Waals surface area contributed by atoms with E-state index in [0.717, 1.165) is 5.92 Å². The lowest BCUT2D eigenvalue weighted by molar-refractivity contribution is 0.0307. The molecular weight excluding hydrogens is 256 g/mol. The first-order valence-electron chi connectivity index (χ1n) is 8.90. The molecule has 1 aliphatic carbocycles. The second-order valence-corrected chi connectivity index (χ2v) is 6.69. The van der Waals surface area contributed by atoms with Crippen LogP contribution < -0.4 is 0 Å². The molecule has 0 aliphatic heterocycles. The van der Waals surface area contributed by atoms with Crippen molar-refractivity contribution in [3.8, 4) is 0 Å². The van der Waals surface area contributed by atoms with E-state index in [1.54, 1.807) is 0 Å². The Kier molecular flexibility index (Phi) is 6.76. The molecule has 2 rings (SSSR count). The van der Waals surface area contributed by atoms with Crippen LogP contribution in [0.5, 0.6) is 0 Å². The first-order chi connectivity index (χ1) is 10.3. The van der Waals surface area contributed by atoms with Gasteiger partial charge in [0.25, 0.3) is 0 Å². The summed E-state index contributed by atoms with van der Waals surface area (Å²) in [5.41, 5.74) is 2.96. The zero-order valence-electron chi connectivity index (χ0n) is 14.1. The van der Waals surface area contributed by atoms with Gasteiger partial charge < -0.3 is 4.74 Å². The van der Waals surface area contributed by atoms with Crippen molar-refractivity contribution in [2.45, 2.75) is 77.2 Å². The van der Waals surface area contributed by atoms with Gasteiger partial charge in [-0.1, -0.05) is 57.4 Å². The Morgan fingerprint density at radius 1 is 1.05 bits per heavy atom. The minimum Gasteiger partial charge on any atom is -0.381 e. The second kappa shape index (κ2) is 8.58. The van der Waals surface area contributed by atoms with E-state index in [1.807, 2.05) is 7.11 Å². The Morgan fingerprint density at radius 2 is 1.81 bits per heavy atom. The van der Waals surface area contributed by atoms with Crippen molar-refractivity contribution < 1.29 is 4.74 Å². The molecule has 21 heavy (non-hydrogen) atoms. The van der Waals surface area contributed by atoms with Crippen LogP contribution in [0.4, 0.5) is 0 Å². The van der Waals surface area contributed by atoms with Gasteiger partial charge in [0.05, 0.1) is 6.10 Å². The van der Waals surface area contributed by atoms with E-state index in [9.17, 15) is 0 Å². The molecule has 1 fully saturated rings. The summed E-state index contributed by atoms with van der Waals surface area (Å²) in [5.74, 6) is 1.48. The Balaban J connectivity index is 1.99. The second-order valence-electron chi connectivity index (χ2n) is 6.69. The molecule has 0 spiro atoms. The highest BCUT2D eigenvalue weighted by Gasteiger charge is 2.31. The van der Waals surface area contributed by atoms with Crippen molar-refractivity contribution >= 4 is 0 Å². The van der Waals surface area contributed by atoms with E-state index >= 15 is 0 Å². The average molecular weight is 288 g/mol. The zero-order valence-corrected chi connectivity index (χ0v) is 14.1. The number of methoxy groups -OCH3 is 1. The van der Waals surface area contributed by atoms with Gasteiger partial charge in [0.2, 0.25) is 0 Å². The van der Waals surface area contributed by atoms with Crippen LogP contribution in [0.3, 0.4) is 0 Å². The van der Waals surface area contributed by atoms with Crippen molar-refractivity contribution in [1.82, 2.24) is 0 Å². The molecule has 0 radical (unpaired) electrons. The summed E-state index contributed by atoms with van der Waals surface area (Å²) in [7, 11) is 1.89. The van der Waals surface area contributed by atoms with E-state index in [-0.39, 0.29) is 0 Å². The molecule has 0 saturated heterocycles. The van der Waals surface area contributed by atoms with Crippen LogP contribution in [0.1, 0.15) is 75.8 Å². The summed E-state index contributed by atoms with van der Waals surface area (Å²) >= 11 is 0. The fourth-order valence-corrected chi connectivity index (χ4v) is 3.84. The van der Waals surface area contributed by atoms with E-state index in [0.29, 0.717) is 12.0 Å². The van der Waals surface area contributed by atoms with Gasteiger partial charge >= 0.3 is 0 Å². The number of hydrogen-bond donors (Lipinski definition) is 0. The van der Waals surface area contributed by atoms with Gasteiger partial charge in [-0.05, 0) is 49.1 Å². The molecule has 1 nitrogen and oxygen atoms in total. The highest BCUT2D eigenvalue weighted by Crippen LogP contribution is 2.39. The fourth-order valence-electron chi connectivity index (χ4n) is 3.84. The van der Waals surface area contributed by atoms with Crippen LogP contribution in [0.15, 0.2) is 24.3 Å². The monoisotopic (exact) mass is 288 g/mol. The van der Waals surface area contributed by atoms with Gasteiger partial charge in [-0.3, -0.25) is 0 Å². The summed E-state index contributed by atoms with van der Waals surface area (Å²) < 4.78 is 5.83. The largest absolute Gasteiger partial charge is 0.381 e. The standard InChI is InChI=1S/C20H32O/c1-4-6-8-16-9-12-18(13-10-16)19-14-11-17(7-5-2)15-20(19)21-3/h9-10,12-13,17,19-20H,4-8,11,14-15H2,1-3H3. The first-order valence-corrected chi connectivity index (χ1v) is 8.90. The van der Waals surface area contributed by atoms with Crippen LogP contribution in [0, 0.1) is 5.92 Å². The molecule has 1 aliphatic rings. The third-order valence-corrected chi connectivity index (χ3v) is 5.13. The van der Waals surface area contributed by atoms with Crippen molar-refractivity contribution in [2.24, 2.45) is 5.92 Å². The van der Waals surface area contributed by atoms with Crippen LogP contribution >= 0.6 is 0 Å². The summed E-state index contributed by atoms with van der Waals surface area (Å²) in [6.07, 6.45) is 10.8. The summed E-state index contributed by atoms with van der Waals surface area (Å²) in [5, 5.41) is 0. The molecule has 1 aromatic rings. The van der Waals surface area contributed by atoms with Gasteiger partial charge in [0.1, 0.15) is 0 Å². The third-order valence-electron chi connectivity index (χ3n) is 5.13. The van der Waals surface area contributed by atoms with Crippen molar-refractivity contribution in [2.75, 3.05) is 7.11 Å². The summed E-state index contributed by atoms with van der Waals surface area (Å²) in [6, 6.07) is 9.36. The molecule has 0 aromatic heterocycles. The molecule has 0 amide bonds. The molecule has 1 heteroatoms. The maximum Gasteiger partial charge on any atom is 0.0642 e. The number of benzene rings is 1. The van der Waals surface area contributed by atoms with Gasteiger partial charge in [-0.2, -0.15) is 0 Å². The zero-order chi connectivity index (χ0) is 15.1. The molecular formula is C20H32O. The molecule has 3 atom stereocenters. The number of ether oxygens (including phenoxy) is 1. The van der Waals surface area contributed by atoms with E-state index in [2.05, 4.69) is 38.1 Å². The highest BCUT2D eigenvalue weighted by atomic mass is 16.5. The predicted molar refractivity (Wildman–Crippen MR) is 90.8 cm³/mol. The Labute approximate surface area is 131 Å². The lowest BCUT2D eigenvalue weighted by atomic mass is 9.75. The quantitative estimate of drug-likeness (QED) is 0.622. The van der Waals surface area contributed by atoms with Crippen LogP contribution in [0.25, 0.3) is 0 Å². The molecule has 1 saturated carbocycles. The fraction of sp³-hybridized carbons (Fsp3) is 0.700. The van der Waals surface area contributed by atoms with Gasteiger partial charge in [-0.25, -0.2) is 0 Å². The van der Waals surface area contributed by atoms with Crippen molar-refractivity contribution in [1.29, 1.82) is 0 Å². The van der Waals surface area contributed by atoms with Gasteiger partial charge in [0.15, 0.2) is 0 Å². The summed E-state index contributed by atoms with van der Waals surface area (Å²) in [4.78, 5) is 0. The van der Waals surface area contributed by atoms with Crippen LogP contribution in [-0.4, -0.2) is 13.2 Å². The molecule has 3 unspecified atom stereocenters. The number of hydrogen-bond acceptors (Lipinski definition) is 1. The van der Waals surface area contributed by atoms with Crippen LogP contribution in [0.2, 0.25) is 0 Å². The predicted octanol–water partition coefficient (Wildman–Crippen LogP) is 5.73. The Morgan fingerprint density at radius 3 is 2.43 bits per heavy atom. The molecule has 1 aromatic carbocycles. The van der Waals surface area contributed by atoms with E-state index in [1.165, 1.54) is 62.5 Å². The SMILES string of the molecule is CCCCc1ccc(C2CCC(CCC)CC2OC)cc1. The van der Waals surface area contributed by atoms with Gasteiger partial charge in [-0.15, -0.1) is 0 Å². The number of rotatable bonds is 7. The minimum absolute atomic E-state index is 0.414. The smallest absolute Gasteiger partial charge is 0.0642 e. The molecule has 118 valence electrons. The molecule has 0 N–H and O–H groups in total. The van der Waals surface area contributed by atoms with E-state index in [4.69, 9.17) is 4.74 Å². The summed E-state index contributed by atoms with van der Waals surface area (Å²) in [6.45, 7) is 4.55. The molecule has 0 heterocycles. The molecule has 0 bridgehead atoms. The lowest BCUT2D eigenvalue weighted by Gasteiger charge is -2.35. The maximum absolute atomic E-state index is 5.83. The average Bonchev–Trinajstić information content (AvgIpc) is 2.53. The maximum atomic E-state index is 5.83. The van der Waals surface area contributed by atoms with Crippen molar-refractivity contribution in [3.63, 3.8) is 0 Å². The minimum atomic E-state index is 0.414. The normalized spacial score (nSPS) is 26.0. The highest BCUT2D eigenvalue weighted by molar-refractivity contribution is 5.27. The number of unbranched alkanes of at least 4 members (excludes halogenated alkanes) is 1. The van der Waals surface area contributed by atoms with E-state index < -0.39 is 0 Å². The Hall–Kier alpha value is -0.820.